The molecule has 0 bridgehead atoms. The lowest BCUT2D eigenvalue weighted by molar-refractivity contribution is 0.578. The van der Waals surface area contributed by atoms with Gasteiger partial charge in [0.1, 0.15) is 5.15 Å². The Morgan fingerprint density at radius 2 is 2.33 bits per heavy atom. The first kappa shape index (κ1) is 13.5. The first-order valence-electron chi connectivity index (χ1n) is 5.18. The van der Waals surface area contributed by atoms with Gasteiger partial charge in [-0.25, -0.2) is 18.1 Å². The van der Waals surface area contributed by atoms with E-state index >= 15 is 0 Å². The van der Waals surface area contributed by atoms with Gasteiger partial charge in [0.2, 0.25) is 5.03 Å². The van der Waals surface area contributed by atoms with Gasteiger partial charge in [-0.05, 0) is 28.8 Å². The molecule has 0 amide bonds. The molecule has 8 heteroatoms. The maximum absolute atomic E-state index is 11.9. The summed E-state index contributed by atoms with van der Waals surface area (Å²) in [6, 6.07) is 1.96. The lowest BCUT2D eigenvalue weighted by Gasteiger charge is -2.04. The fraction of sp³-hybridized carbons (Fsp3) is 0.300. The van der Waals surface area contributed by atoms with Gasteiger partial charge in [0.05, 0.1) is 6.33 Å². The Hall–Kier alpha value is -0.890. The normalized spacial score (nSPS) is 11.9. The minimum Gasteiger partial charge on any atom is -0.324 e. The third kappa shape index (κ3) is 2.92. The second kappa shape index (κ2) is 5.40. The number of imidazole rings is 1. The highest BCUT2D eigenvalue weighted by Crippen LogP contribution is 2.18. The van der Waals surface area contributed by atoms with Crippen LogP contribution in [-0.4, -0.2) is 24.5 Å². The molecular weight excluding hydrogens is 294 g/mol. The number of aromatic nitrogens is 2. The molecule has 0 aromatic carbocycles. The van der Waals surface area contributed by atoms with Gasteiger partial charge in [-0.2, -0.15) is 11.3 Å². The van der Waals surface area contributed by atoms with E-state index in [0.717, 1.165) is 5.56 Å². The van der Waals surface area contributed by atoms with Crippen LogP contribution in [0.1, 0.15) is 5.56 Å². The lowest BCUT2D eigenvalue weighted by atomic mass is 10.2. The van der Waals surface area contributed by atoms with Crippen LogP contribution in [0.2, 0.25) is 5.15 Å². The highest BCUT2D eigenvalue weighted by atomic mass is 35.5. The van der Waals surface area contributed by atoms with Crippen molar-refractivity contribution in [3.63, 3.8) is 0 Å². The van der Waals surface area contributed by atoms with Crippen molar-refractivity contribution in [2.75, 3.05) is 6.54 Å². The molecule has 5 nitrogen and oxygen atoms in total. The summed E-state index contributed by atoms with van der Waals surface area (Å²) in [5.74, 6) is 0. The van der Waals surface area contributed by atoms with E-state index in [4.69, 9.17) is 11.6 Å². The number of aryl methyl sites for hydroxylation is 1. The number of halogens is 1. The summed E-state index contributed by atoms with van der Waals surface area (Å²) >= 11 is 7.44. The minimum absolute atomic E-state index is 0.109. The standard InChI is InChI=1S/C10H12ClN3O2S2/c1-14-7-12-10(9(14)11)18(15,16)13-4-2-8-3-5-17-6-8/h3,5-7,13H,2,4H2,1H3. The number of hydrogen-bond acceptors (Lipinski definition) is 4. The van der Waals surface area contributed by atoms with Crippen molar-refractivity contribution in [3.8, 4) is 0 Å². The fourth-order valence-corrected chi connectivity index (χ4v) is 3.57. The van der Waals surface area contributed by atoms with E-state index in [9.17, 15) is 8.42 Å². The second-order valence-electron chi connectivity index (χ2n) is 3.73. The van der Waals surface area contributed by atoms with Crippen LogP contribution in [-0.2, 0) is 23.5 Å². The summed E-state index contributed by atoms with van der Waals surface area (Å²) in [6.07, 6.45) is 2.02. The smallest absolute Gasteiger partial charge is 0.261 e. The molecule has 2 rings (SSSR count). The number of sulfonamides is 1. The van der Waals surface area contributed by atoms with Crippen molar-refractivity contribution in [1.82, 2.24) is 14.3 Å². The molecule has 0 spiro atoms. The molecule has 0 unspecified atom stereocenters. The van der Waals surface area contributed by atoms with E-state index in [1.807, 2.05) is 16.8 Å². The zero-order valence-electron chi connectivity index (χ0n) is 9.63. The first-order chi connectivity index (χ1) is 8.50. The van der Waals surface area contributed by atoms with Gasteiger partial charge in [-0.3, -0.25) is 0 Å². The van der Waals surface area contributed by atoms with Crippen molar-refractivity contribution in [2.24, 2.45) is 7.05 Å². The van der Waals surface area contributed by atoms with Gasteiger partial charge in [-0.1, -0.05) is 11.6 Å². The predicted molar refractivity (Wildman–Crippen MR) is 71.4 cm³/mol. The molecule has 98 valence electrons. The largest absolute Gasteiger partial charge is 0.324 e. The topological polar surface area (TPSA) is 64.0 Å². The first-order valence-corrected chi connectivity index (χ1v) is 7.98. The molecule has 0 saturated carbocycles. The molecule has 0 aliphatic heterocycles. The monoisotopic (exact) mass is 305 g/mol. The van der Waals surface area contributed by atoms with Gasteiger partial charge in [-0.15, -0.1) is 0 Å². The van der Waals surface area contributed by atoms with E-state index in [-0.39, 0.29) is 10.2 Å². The van der Waals surface area contributed by atoms with Crippen LogP contribution in [0, 0.1) is 0 Å². The van der Waals surface area contributed by atoms with Crippen molar-refractivity contribution >= 4 is 33.0 Å². The van der Waals surface area contributed by atoms with E-state index in [1.54, 1.807) is 18.4 Å². The number of rotatable bonds is 5. The van der Waals surface area contributed by atoms with Crippen LogP contribution >= 0.6 is 22.9 Å². The summed E-state index contributed by atoms with van der Waals surface area (Å²) in [5, 5.41) is 3.93. The summed E-state index contributed by atoms with van der Waals surface area (Å²) < 4.78 is 27.8. The fourth-order valence-electron chi connectivity index (χ4n) is 1.41. The molecule has 2 aromatic heterocycles. The number of nitrogens with one attached hydrogen (secondary N) is 1. The van der Waals surface area contributed by atoms with Gasteiger partial charge >= 0.3 is 0 Å². The molecule has 0 fully saturated rings. The number of nitrogens with zero attached hydrogens (tertiary/aromatic N) is 2. The Morgan fingerprint density at radius 3 is 2.89 bits per heavy atom. The van der Waals surface area contributed by atoms with Gasteiger partial charge in [0.15, 0.2) is 0 Å². The minimum atomic E-state index is -3.63. The van der Waals surface area contributed by atoms with Crippen LogP contribution in [0.25, 0.3) is 0 Å². The van der Waals surface area contributed by atoms with Crippen molar-refractivity contribution in [1.29, 1.82) is 0 Å². The van der Waals surface area contributed by atoms with Crippen LogP contribution in [0.15, 0.2) is 28.2 Å². The third-order valence-electron chi connectivity index (χ3n) is 2.37. The second-order valence-corrected chi connectivity index (χ2v) is 6.55. The van der Waals surface area contributed by atoms with E-state index in [0.29, 0.717) is 13.0 Å². The molecule has 0 aliphatic carbocycles. The SMILES string of the molecule is Cn1cnc(S(=O)(=O)NCCc2ccsc2)c1Cl. The number of thiophene rings is 1. The van der Waals surface area contributed by atoms with Crippen LogP contribution < -0.4 is 4.72 Å². The van der Waals surface area contributed by atoms with Gasteiger partial charge < -0.3 is 4.57 Å². The maximum atomic E-state index is 11.9. The molecule has 0 atom stereocenters. The summed E-state index contributed by atoms with van der Waals surface area (Å²) in [6.45, 7) is 0.325. The molecule has 2 aromatic rings. The van der Waals surface area contributed by atoms with Crippen LogP contribution in [0.4, 0.5) is 0 Å². The average molecular weight is 306 g/mol. The molecule has 0 radical (unpaired) electrons. The van der Waals surface area contributed by atoms with Gasteiger partial charge in [0.25, 0.3) is 10.0 Å². The van der Waals surface area contributed by atoms with Crippen molar-refractivity contribution in [2.45, 2.75) is 11.4 Å². The molecule has 0 aliphatic rings. The van der Waals surface area contributed by atoms with Gasteiger partial charge in [0, 0.05) is 13.6 Å². The summed E-state index contributed by atoms with van der Waals surface area (Å²) in [7, 11) is -2.00. The van der Waals surface area contributed by atoms with E-state index < -0.39 is 10.0 Å². The quantitative estimate of drug-likeness (QED) is 0.913. The van der Waals surface area contributed by atoms with Crippen molar-refractivity contribution in [3.05, 3.63) is 33.9 Å². The molecular formula is C10H12ClN3O2S2. The predicted octanol–water partition coefficient (Wildman–Crippen LogP) is 1.66. The zero-order valence-corrected chi connectivity index (χ0v) is 12.0. The van der Waals surface area contributed by atoms with Crippen LogP contribution in [0.5, 0.6) is 0 Å². The highest BCUT2D eigenvalue weighted by molar-refractivity contribution is 7.89. The Kier molecular flexibility index (Phi) is 4.06. The lowest BCUT2D eigenvalue weighted by Crippen LogP contribution is -2.26. The third-order valence-corrected chi connectivity index (χ3v) is 5.06. The Labute approximate surface area is 114 Å². The number of hydrogen-bond donors (Lipinski definition) is 1. The Morgan fingerprint density at radius 1 is 1.56 bits per heavy atom. The van der Waals surface area contributed by atoms with Crippen LogP contribution in [0.3, 0.4) is 0 Å². The summed E-state index contributed by atoms with van der Waals surface area (Å²) in [5.41, 5.74) is 1.11. The zero-order chi connectivity index (χ0) is 13.2. The molecule has 0 saturated heterocycles. The average Bonchev–Trinajstić information content (AvgIpc) is 2.91. The Bertz CT molecular complexity index is 620. The Balaban J connectivity index is 2.02. The molecule has 1 N–H and O–H groups in total. The van der Waals surface area contributed by atoms with E-state index in [2.05, 4.69) is 9.71 Å². The maximum Gasteiger partial charge on any atom is 0.261 e. The summed E-state index contributed by atoms with van der Waals surface area (Å²) in [4.78, 5) is 3.79. The molecule has 2 heterocycles. The van der Waals surface area contributed by atoms with E-state index in [1.165, 1.54) is 10.9 Å². The van der Waals surface area contributed by atoms with Crippen molar-refractivity contribution < 1.29 is 8.42 Å². The molecule has 18 heavy (non-hydrogen) atoms. The highest BCUT2D eigenvalue weighted by Gasteiger charge is 2.21.